The highest BCUT2D eigenvalue weighted by atomic mass is 16.3. The van der Waals surface area contributed by atoms with E-state index in [2.05, 4.69) is 81.8 Å². The molecule has 1 saturated heterocycles. The molecule has 4 rings (SSSR count). The van der Waals surface area contributed by atoms with Crippen molar-refractivity contribution in [3.05, 3.63) is 119 Å². The summed E-state index contributed by atoms with van der Waals surface area (Å²) in [5.74, 6) is 0.418. The smallest absolute Gasteiger partial charge is 0.258 e. The van der Waals surface area contributed by atoms with E-state index in [9.17, 15) is 9.90 Å². The topological polar surface area (TPSA) is 83.6 Å². The fourth-order valence-electron chi connectivity index (χ4n) is 5.52. The van der Waals surface area contributed by atoms with Gasteiger partial charge in [0.2, 0.25) is 6.41 Å². The van der Waals surface area contributed by atoms with Gasteiger partial charge in [-0.05, 0) is 90.1 Å². The molecule has 0 spiro atoms. The number of rotatable bonds is 7. The van der Waals surface area contributed by atoms with Gasteiger partial charge < -0.3 is 15.7 Å². The van der Waals surface area contributed by atoms with E-state index in [0.29, 0.717) is 18.6 Å². The third-order valence-electron chi connectivity index (χ3n) is 7.36. The third kappa shape index (κ3) is 9.75. The van der Waals surface area contributed by atoms with E-state index in [1.54, 1.807) is 0 Å². The summed E-state index contributed by atoms with van der Waals surface area (Å²) >= 11 is 0. The summed E-state index contributed by atoms with van der Waals surface area (Å²) in [6, 6.07) is 20.7. The fraction of sp³-hybridized carbons (Fsp3) is 0.316. The van der Waals surface area contributed by atoms with Gasteiger partial charge in [0.05, 0.1) is 5.76 Å². The molecule has 1 aliphatic heterocycles. The Morgan fingerprint density at radius 3 is 2.37 bits per heavy atom. The lowest BCUT2D eigenvalue weighted by Gasteiger charge is -2.30. The second kappa shape index (κ2) is 17.4. The number of nitrogens with two attached hydrogens (primary N) is 1. The quantitative estimate of drug-likeness (QED) is 0.168. The molecule has 0 aliphatic carbocycles. The van der Waals surface area contributed by atoms with E-state index < -0.39 is 0 Å². The molecule has 0 aromatic heterocycles. The number of amides is 2. The number of piperidine rings is 1. The molecule has 226 valence electrons. The van der Waals surface area contributed by atoms with Crippen LogP contribution in [0, 0.1) is 12.8 Å². The molecule has 3 aromatic carbocycles. The van der Waals surface area contributed by atoms with Crippen LogP contribution < -0.4 is 5.73 Å². The van der Waals surface area contributed by atoms with Gasteiger partial charge in [-0.2, -0.15) is 0 Å². The molecule has 43 heavy (non-hydrogen) atoms. The molecule has 0 atom stereocenters. The Labute approximate surface area is 257 Å². The summed E-state index contributed by atoms with van der Waals surface area (Å²) in [7, 11) is 0. The average molecular weight is 579 g/mol. The van der Waals surface area contributed by atoms with E-state index in [0.717, 1.165) is 49.1 Å². The molecule has 3 N–H and O–H groups in total. The van der Waals surface area contributed by atoms with Crippen LogP contribution in [0.25, 0.3) is 10.8 Å². The van der Waals surface area contributed by atoms with Gasteiger partial charge >= 0.3 is 0 Å². The fourth-order valence-corrected chi connectivity index (χ4v) is 5.52. The van der Waals surface area contributed by atoms with Crippen molar-refractivity contribution in [2.75, 3.05) is 6.54 Å². The minimum absolute atomic E-state index is 0.00348. The maximum Gasteiger partial charge on any atom is 0.258 e. The first-order chi connectivity index (χ1) is 20.7. The van der Waals surface area contributed by atoms with Crippen molar-refractivity contribution >= 4 is 23.1 Å². The second-order valence-corrected chi connectivity index (χ2v) is 11.4. The van der Waals surface area contributed by atoms with Crippen LogP contribution in [0.5, 0.6) is 0 Å². The first-order valence-corrected chi connectivity index (χ1v) is 14.8. The number of carbonyl (C=O) groups is 2. The summed E-state index contributed by atoms with van der Waals surface area (Å²) in [6.45, 7) is 9.50. The predicted molar refractivity (Wildman–Crippen MR) is 180 cm³/mol. The van der Waals surface area contributed by atoms with Gasteiger partial charge in [0.25, 0.3) is 5.91 Å². The number of aliphatic hydroxyl groups is 1. The minimum Gasteiger partial charge on any atom is -0.513 e. The number of aliphatic hydroxyl groups excluding tert-OH is 1. The van der Waals surface area contributed by atoms with Gasteiger partial charge in [-0.1, -0.05) is 87.5 Å². The Balaban J connectivity index is 0.00000121. The van der Waals surface area contributed by atoms with E-state index in [1.807, 2.05) is 54.3 Å². The van der Waals surface area contributed by atoms with Crippen LogP contribution in [0.15, 0.2) is 96.4 Å². The molecule has 1 fully saturated rings. The van der Waals surface area contributed by atoms with Crippen molar-refractivity contribution in [1.29, 1.82) is 0 Å². The van der Waals surface area contributed by atoms with Crippen LogP contribution in [-0.2, 0) is 23.1 Å². The number of primary amides is 1. The number of hydrogen-bond donors (Lipinski definition) is 2. The van der Waals surface area contributed by atoms with Gasteiger partial charge in [-0.15, -0.1) is 12.8 Å². The average Bonchev–Trinajstić information content (AvgIpc) is 3.02. The van der Waals surface area contributed by atoms with Gasteiger partial charge in [0.1, 0.15) is 0 Å². The molecule has 3 aromatic rings. The maximum absolute atomic E-state index is 13.6. The van der Waals surface area contributed by atoms with Crippen molar-refractivity contribution in [3.63, 3.8) is 0 Å². The normalized spacial score (nSPS) is 14.5. The van der Waals surface area contributed by atoms with E-state index in [4.69, 9.17) is 4.79 Å². The lowest BCUT2D eigenvalue weighted by Crippen LogP contribution is -2.34. The van der Waals surface area contributed by atoms with Crippen LogP contribution in [0.1, 0.15) is 80.4 Å². The number of terminal acetylenes is 1. The minimum atomic E-state index is 0.00348. The first kappa shape index (κ1) is 34.6. The van der Waals surface area contributed by atoms with Gasteiger partial charge in [-0.25, -0.2) is 0 Å². The summed E-state index contributed by atoms with van der Waals surface area (Å²) in [6.07, 6.45) is 21.1. The first-order valence-electron chi connectivity index (χ1n) is 14.8. The molecular weight excluding hydrogens is 532 g/mol. The number of likely N-dealkylation sites (tertiary alicyclic amines) is 1. The standard InChI is InChI=1S/C35H41NO2.C2H2.CH3NO/c1-5-6-15-29-16-11-12-25-36(29)34(38)32-18-10-8-14-27(32)21-23-30(37)24-22-28-20-19-26-13-7-9-17-31(26)33(28)35(2,3)4;1-2;2-1-3/h5-10,13-15,17-20,23,37H,11-12,16,21-22,24-25H2,1-4H3;1-2H;1H,(H2,2,3)/b6-5-,29-15+,30-23?;;. The van der Waals surface area contributed by atoms with Crippen LogP contribution >= 0.6 is 0 Å². The summed E-state index contributed by atoms with van der Waals surface area (Å²) in [5, 5.41) is 13.4. The number of aryl methyl sites for hydroxylation is 1. The Morgan fingerprint density at radius 2 is 1.67 bits per heavy atom. The zero-order chi connectivity index (χ0) is 31.8. The van der Waals surface area contributed by atoms with Crippen molar-refractivity contribution in [3.8, 4) is 12.8 Å². The number of benzene rings is 3. The van der Waals surface area contributed by atoms with E-state index >= 15 is 0 Å². The summed E-state index contributed by atoms with van der Waals surface area (Å²) in [5.41, 5.74) is 9.54. The Bertz CT molecular complexity index is 1470. The monoisotopic (exact) mass is 578 g/mol. The maximum atomic E-state index is 13.6. The number of nitrogens with zero attached hydrogens (tertiary/aromatic N) is 1. The highest BCUT2D eigenvalue weighted by Crippen LogP contribution is 2.34. The zero-order valence-electron chi connectivity index (χ0n) is 26.1. The number of carbonyl (C=O) groups excluding carboxylic acids is 2. The van der Waals surface area contributed by atoms with Crippen molar-refractivity contribution in [2.45, 2.75) is 71.6 Å². The molecular formula is C38H46N2O3. The number of hydrogen-bond acceptors (Lipinski definition) is 3. The van der Waals surface area contributed by atoms with Crippen LogP contribution in [-0.4, -0.2) is 28.9 Å². The predicted octanol–water partition coefficient (Wildman–Crippen LogP) is 8.19. The second-order valence-electron chi connectivity index (χ2n) is 11.4. The number of fused-ring (bicyclic) bond motifs is 1. The van der Waals surface area contributed by atoms with Crippen molar-refractivity contribution in [2.24, 2.45) is 5.73 Å². The molecule has 0 unspecified atom stereocenters. The van der Waals surface area contributed by atoms with Crippen LogP contribution in [0.3, 0.4) is 0 Å². The van der Waals surface area contributed by atoms with Gasteiger partial charge in [0, 0.05) is 24.2 Å². The molecule has 5 heteroatoms. The Morgan fingerprint density at radius 1 is 1.00 bits per heavy atom. The molecule has 0 saturated carbocycles. The highest BCUT2D eigenvalue weighted by Gasteiger charge is 2.24. The largest absolute Gasteiger partial charge is 0.513 e. The lowest BCUT2D eigenvalue weighted by atomic mass is 9.79. The molecule has 0 bridgehead atoms. The Hall–Kier alpha value is -4.56. The van der Waals surface area contributed by atoms with Crippen molar-refractivity contribution < 1.29 is 14.7 Å². The van der Waals surface area contributed by atoms with E-state index in [1.165, 1.54) is 21.9 Å². The molecule has 5 nitrogen and oxygen atoms in total. The zero-order valence-corrected chi connectivity index (χ0v) is 26.1. The molecule has 1 aliphatic rings. The lowest BCUT2D eigenvalue weighted by molar-refractivity contribution is -0.106. The van der Waals surface area contributed by atoms with Crippen LogP contribution in [0.2, 0.25) is 0 Å². The van der Waals surface area contributed by atoms with Crippen LogP contribution in [0.4, 0.5) is 0 Å². The molecule has 0 radical (unpaired) electrons. The van der Waals surface area contributed by atoms with Gasteiger partial charge in [-0.3, -0.25) is 9.59 Å². The summed E-state index contributed by atoms with van der Waals surface area (Å²) < 4.78 is 0. The molecule has 1 heterocycles. The van der Waals surface area contributed by atoms with E-state index in [-0.39, 0.29) is 17.7 Å². The highest BCUT2D eigenvalue weighted by molar-refractivity contribution is 5.97. The third-order valence-corrected chi connectivity index (χ3v) is 7.36. The SMILES string of the molecule is C#C.C/C=C\C=C1/CCCCN1C(=O)c1ccccc1CC=C(O)CCc1ccc2ccccc2c1C(C)(C)C.NC=O. The van der Waals surface area contributed by atoms with Crippen molar-refractivity contribution in [1.82, 2.24) is 4.90 Å². The summed E-state index contributed by atoms with van der Waals surface area (Å²) in [4.78, 5) is 24.1. The number of allylic oxidation sites excluding steroid dienone is 6. The Kier molecular flexibility index (Phi) is 14.0. The molecule has 2 amide bonds. The van der Waals surface area contributed by atoms with Gasteiger partial charge in [0.15, 0.2) is 0 Å².